The van der Waals surface area contributed by atoms with Crippen molar-refractivity contribution in [2.75, 3.05) is 13.2 Å². The van der Waals surface area contributed by atoms with E-state index in [4.69, 9.17) is 18.9 Å². The average Bonchev–Trinajstić information content (AvgIpc) is 2.88. The van der Waals surface area contributed by atoms with Crippen LogP contribution in [0.5, 0.6) is 17.2 Å². The number of aryl methyl sites for hydroxylation is 1. The van der Waals surface area contributed by atoms with Gasteiger partial charge in [0.25, 0.3) is 0 Å². The fraction of sp³-hybridized carbons (Fsp3) is 0.345. The zero-order valence-corrected chi connectivity index (χ0v) is 21.6. The first kappa shape index (κ1) is 28.3. The molecule has 1 aliphatic rings. The molecule has 0 aromatic heterocycles. The van der Waals surface area contributed by atoms with E-state index in [1.807, 2.05) is 18.2 Å². The quantitative estimate of drug-likeness (QED) is 0.308. The Morgan fingerprint density at radius 1 is 0.949 bits per heavy atom. The Hall–Kier alpha value is -3.76. The van der Waals surface area contributed by atoms with Gasteiger partial charge in [-0.05, 0) is 74.2 Å². The van der Waals surface area contributed by atoms with E-state index in [1.54, 1.807) is 56.3 Å². The van der Waals surface area contributed by atoms with Gasteiger partial charge in [0.05, 0.1) is 24.3 Å². The Balaban J connectivity index is 1.45. The van der Waals surface area contributed by atoms with Crippen LogP contribution in [0.3, 0.4) is 0 Å². The third-order valence-corrected chi connectivity index (χ3v) is 6.28. The monoisotopic (exact) mass is 545 g/mol. The Bertz CT molecular complexity index is 1270. The van der Waals surface area contributed by atoms with Gasteiger partial charge in [0.15, 0.2) is 5.79 Å². The molecule has 3 aromatic rings. The normalized spacial score (nSPS) is 16.3. The second-order valence-corrected chi connectivity index (χ2v) is 9.87. The number of carboxylic acid groups (broad SMARTS) is 1. The van der Waals surface area contributed by atoms with Crippen LogP contribution in [0.2, 0.25) is 0 Å². The molecule has 0 unspecified atom stereocenters. The number of ether oxygens (including phenoxy) is 4. The number of carbonyl (C=O) groups is 1. The van der Waals surface area contributed by atoms with Gasteiger partial charge in [-0.15, -0.1) is 0 Å². The van der Waals surface area contributed by atoms with Gasteiger partial charge in [0.1, 0.15) is 23.9 Å². The second kappa shape index (κ2) is 11.5. The highest BCUT2D eigenvalue weighted by atomic mass is 19.4. The molecule has 0 saturated carbocycles. The first-order chi connectivity index (χ1) is 18.4. The summed E-state index contributed by atoms with van der Waals surface area (Å²) in [5.41, 5.74) is -0.969. The van der Waals surface area contributed by atoms with Crippen LogP contribution >= 0.6 is 0 Å². The summed E-state index contributed by atoms with van der Waals surface area (Å²) in [7, 11) is 0. The van der Waals surface area contributed by atoms with Gasteiger partial charge in [0.2, 0.25) is 0 Å². The molecular formula is C29H30F3NO6. The second-order valence-electron chi connectivity index (χ2n) is 9.87. The molecule has 0 aliphatic carbocycles. The molecule has 0 bridgehead atoms. The lowest BCUT2D eigenvalue weighted by Crippen LogP contribution is -2.61. The van der Waals surface area contributed by atoms with Crippen molar-refractivity contribution in [1.29, 1.82) is 0 Å². The Kier molecular flexibility index (Phi) is 8.36. The molecular weight excluding hydrogens is 515 g/mol. The van der Waals surface area contributed by atoms with Crippen molar-refractivity contribution in [3.63, 3.8) is 0 Å². The van der Waals surface area contributed by atoms with Crippen LogP contribution in [0, 0.1) is 0 Å². The van der Waals surface area contributed by atoms with Gasteiger partial charge < -0.3 is 29.4 Å². The van der Waals surface area contributed by atoms with E-state index >= 15 is 0 Å². The Labute approximate surface area is 224 Å². The van der Waals surface area contributed by atoms with Gasteiger partial charge in [-0.25, -0.2) is 4.79 Å². The van der Waals surface area contributed by atoms with Gasteiger partial charge in [-0.1, -0.05) is 36.4 Å². The fourth-order valence-corrected chi connectivity index (χ4v) is 4.16. The molecule has 10 heteroatoms. The number of para-hydroxylation sites is 1. The summed E-state index contributed by atoms with van der Waals surface area (Å²) >= 11 is 0. The largest absolute Gasteiger partial charge is 0.488 e. The first-order valence-corrected chi connectivity index (χ1v) is 12.4. The maximum Gasteiger partial charge on any atom is 0.419 e. The number of nitrogens with one attached hydrogen (secondary N) is 1. The van der Waals surface area contributed by atoms with Gasteiger partial charge >= 0.3 is 12.3 Å². The summed E-state index contributed by atoms with van der Waals surface area (Å²) in [6.07, 6.45) is -5.57. The molecule has 208 valence electrons. The number of hydrogen-bond donors (Lipinski definition) is 2. The van der Waals surface area contributed by atoms with Crippen LogP contribution in [0.1, 0.15) is 37.0 Å². The predicted octanol–water partition coefficient (Wildman–Crippen LogP) is 6.80. The topological polar surface area (TPSA) is 86.2 Å². The van der Waals surface area contributed by atoms with E-state index in [0.29, 0.717) is 22.6 Å². The van der Waals surface area contributed by atoms with Crippen molar-refractivity contribution in [3.05, 3.63) is 89.5 Å². The molecule has 4 rings (SSSR count). The summed E-state index contributed by atoms with van der Waals surface area (Å²) < 4.78 is 64.5. The number of halogens is 3. The van der Waals surface area contributed by atoms with E-state index in [0.717, 1.165) is 6.07 Å². The standard InChI is InChI=1S/C29H30F3NO6/c1-27(2)37-18-28(19-38-27,33-26(34)35)14-13-20-11-12-25(24(16-20)29(30,31)32)36-17-21-7-6-10-23(15-21)39-22-8-4-3-5-9-22/h3-12,15-16,33H,13-14,17-19H2,1-2H3,(H,34,35). The molecule has 2 N–H and O–H groups in total. The highest BCUT2D eigenvalue weighted by molar-refractivity contribution is 5.65. The number of benzene rings is 3. The van der Waals surface area contributed by atoms with Crippen LogP contribution in [0.25, 0.3) is 0 Å². The molecule has 39 heavy (non-hydrogen) atoms. The molecule has 0 atom stereocenters. The minimum absolute atomic E-state index is 0.0344. The van der Waals surface area contributed by atoms with Crippen LogP contribution in [-0.4, -0.2) is 35.7 Å². The summed E-state index contributed by atoms with van der Waals surface area (Å²) in [6.45, 7) is 3.39. The molecule has 3 aromatic carbocycles. The molecule has 1 saturated heterocycles. The summed E-state index contributed by atoms with van der Waals surface area (Å²) in [6, 6.07) is 20.0. The van der Waals surface area contributed by atoms with Gasteiger partial charge in [-0.3, -0.25) is 0 Å². The van der Waals surface area contributed by atoms with Crippen molar-refractivity contribution >= 4 is 6.09 Å². The number of hydrogen-bond acceptors (Lipinski definition) is 5. The van der Waals surface area contributed by atoms with E-state index in [1.165, 1.54) is 6.07 Å². The van der Waals surface area contributed by atoms with E-state index in [9.17, 15) is 23.1 Å². The molecule has 1 heterocycles. The zero-order chi connectivity index (χ0) is 28.1. The minimum atomic E-state index is -4.65. The fourth-order valence-electron chi connectivity index (χ4n) is 4.16. The van der Waals surface area contributed by atoms with Crippen molar-refractivity contribution in [1.82, 2.24) is 5.32 Å². The summed E-state index contributed by atoms with van der Waals surface area (Å²) in [5.74, 6) is 0.00177. The van der Waals surface area contributed by atoms with Crippen molar-refractivity contribution < 1.29 is 42.0 Å². The van der Waals surface area contributed by atoms with Crippen LogP contribution in [-0.2, 0) is 28.7 Å². The van der Waals surface area contributed by atoms with Crippen LogP contribution < -0.4 is 14.8 Å². The molecule has 1 aliphatic heterocycles. The van der Waals surface area contributed by atoms with Crippen molar-refractivity contribution in [2.45, 2.75) is 50.8 Å². The molecule has 0 spiro atoms. The number of rotatable bonds is 9. The van der Waals surface area contributed by atoms with Crippen molar-refractivity contribution in [3.8, 4) is 17.2 Å². The lowest BCUT2D eigenvalue weighted by molar-refractivity contribution is -0.271. The molecule has 1 fully saturated rings. The van der Waals surface area contributed by atoms with E-state index in [-0.39, 0.29) is 38.4 Å². The van der Waals surface area contributed by atoms with Crippen LogP contribution in [0.15, 0.2) is 72.8 Å². The lowest BCUT2D eigenvalue weighted by Gasteiger charge is -2.43. The Morgan fingerprint density at radius 3 is 2.31 bits per heavy atom. The number of amides is 1. The van der Waals surface area contributed by atoms with Crippen molar-refractivity contribution in [2.24, 2.45) is 0 Å². The number of alkyl halides is 3. The zero-order valence-electron chi connectivity index (χ0n) is 21.6. The van der Waals surface area contributed by atoms with E-state index < -0.39 is 29.2 Å². The van der Waals surface area contributed by atoms with Gasteiger partial charge in [-0.2, -0.15) is 13.2 Å². The Morgan fingerprint density at radius 2 is 1.64 bits per heavy atom. The van der Waals surface area contributed by atoms with Crippen LogP contribution in [0.4, 0.5) is 18.0 Å². The van der Waals surface area contributed by atoms with E-state index in [2.05, 4.69) is 5.32 Å². The SMILES string of the molecule is CC1(C)OCC(CCc2ccc(OCc3cccc(Oc4ccccc4)c3)c(C(F)(F)F)c2)(NC(=O)O)CO1. The lowest BCUT2D eigenvalue weighted by atomic mass is 9.91. The summed E-state index contributed by atoms with van der Waals surface area (Å²) in [5, 5.41) is 11.7. The molecule has 0 radical (unpaired) electrons. The predicted molar refractivity (Wildman–Crippen MR) is 137 cm³/mol. The maximum absolute atomic E-state index is 14.0. The molecule has 1 amide bonds. The minimum Gasteiger partial charge on any atom is -0.488 e. The summed E-state index contributed by atoms with van der Waals surface area (Å²) in [4.78, 5) is 11.4. The third kappa shape index (κ3) is 7.87. The first-order valence-electron chi connectivity index (χ1n) is 12.4. The highest BCUT2D eigenvalue weighted by Crippen LogP contribution is 2.38. The molecule has 7 nitrogen and oxygen atoms in total. The van der Waals surface area contributed by atoms with Gasteiger partial charge in [0, 0.05) is 0 Å². The smallest absolute Gasteiger partial charge is 0.419 e. The average molecular weight is 546 g/mol. The third-order valence-electron chi connectivity index (χ3n) is 6.28. The highest BCUT2D eigenvalue weighted by Gasteiger charge is 2.41. The maximum atomic E-state index is 14.0.